The number of thiophene rings is 1. The Morgan fingerprint density at radius 1 is 1.20 bits per heavy atom. The fourth-order valence-corrected chi connectivity index (χ4v) is 8.51. The molecule has 1 N–H and O–H groups in total. The molecule has 1 aromatic heterocycles. The van der Waals surface area contributed by atoms with E-state index in [4.69, 9.17) is 0 Å². The van der Waals surface area contributed by atoms with E-state index in [-0.39, 0.29) is 0 Å². The van der Waals surface area contributed by atoms with Crippen LogP contribution in [-0.4, -0.2) is 18.6 Å². The maximum Gasteiger partial charge on any atom is 0.119 e. The van der Waals surface area contributed by atoms with Crippen molar-refractivity contribution in [1.29, 1.82) is 0 Å². The normalized spacial score (nSPS) is 11.8. The topological polar surface area (TPSA) is 20.2 Å². The summed E-state index contributed by atoms with van der Waals surface area (Å²) in [4.78, 5) is 1.34. The summed E-state index contributed by atoms with van der Waals surface area (Å²) in [5.74, 6) is 0.416. The van der Waals surface area contributed by atoms with Gasteiger partial charge in [-0.05, 0) is 58.8 Å². The third-order valence-corrected chi connectivity index (χ3v) is 12.3. The molecule has 0 unspecified atom stereocenters. The molecule has 1 aromatic carbocycles. The Hall–Kier alpha value is -0.713. The number of thioether (sulfide) groups is 1. The minimum Gasteiger partial charge on any atom is -0.508 e. The fourth-order valence-electron chi connectivity index (χ4n) is 2.25. The predicted molar refractivity (Wildman–Crippen MR) is 94.5 cm³/mol. The molecule has 4 heteroatoms. The zero-order chi connectivity index (χ0) is 14.9. The first-order valence-corrected chi connectivity index (χ1v) is 11.9. The third kappa shape index (κ3) is 3.13. The molecule has 2 rings (SSSR count). The van der Waals surface area contributed by atoms with Gasteiger partial charge in [0.1, 0.15) is 13.8 Å². The second-order valence-electron chi connectivity index (χ2n) is 5.94. The number of phenolic OH excluding ortho intramolecular Hbond substituents is 1. The van der Waals surface area contributed by atoms with E-state index in [1.54, 1.807) is 4.50 Å². The van der Waals surface area contributed by atoms with Crippen LogP contribution in [0.1, 0.15) is 16.7 Å². The second kappa shape index (κ2) is 5.96. The van der Waals surface area contributed by atoms with Crippen molar-refractivity contribution in [3.63, 3.8) is 0 Å². The number of benzene rings is 1. The van der Waals surface area contributed by atoms with Crippen LogP contribution in [0.5, 0.6) is 5.75 Å². The first-order valence-electron chi connectivity index (χ1n) is 6.79. The van der Waals surface area contributed by atoms with Gasteiger partial charge >= 0.3 is 0 Å². The lowest BCUT2D eigenvalue weighted by atomic mass is 10.1. The van der Waals surface area contributed by atoms with Crippen molar-refractivity contribution in [2.45, 2.75) is 38.8 Å². The maximum absolute atomic E-state index is 9.88. The van der Waals surface area contributed by atoms with E-state index in [1.165, 1.54) is 21.4 Å². The van der Waals surface area contributed by atoms with Gasteiger partial charge in [-0.2, -0.15) is 11.3 Å². The first kappa shape index (κ1) is 15.7. The lowest BCUT2D eigenvalue weighted by molar-refractivity contribution is 0.469. The molecular formula is C16H22OS2Si. The summed E-state index contributed by atoms with van der Waals surface area (Å²) < 4.78 is 1.57. The molecule has 0 aliphatic heterocycles. The van der Waals surface area contributed by atoms with Crippen molar-refractivity contribution >= 4 is 35.7 Å². The zero-order valence-electron chi connectivity index (χ0n) is 12.8. The van der Waals surface area contributed by atoms with E-state index in [2.05, 4.69) is 44.5 Å². The van der Waals surface area contributed by atoms with Crippen molar-refractivity contribution in [3.8, 4) is 5.75 Å². The molecule has 0 saturated heterocycles. The molecule has 0 amide bonds. The lowest BCUT2D eigenvalue weighted by Gasteiger charge is -2.22. The fraction of sp³-hybridized carbons (Fsp3) is 0.375. The molecule has 0 atom stereocenters. The molecule has 108 valence electrons. The van der Waals surface area contributed by atoms with Crippen molar-refractivity contribution in [2.24, 2.45) is 0 Å². The van der Waals surface area contributed by atoms with Crippen LogP contribution in [0.15, 0.2) is 28.5 Å². The van der Waals surface area contributed by atoms with Gasteiger partial charge in [0.15, 0.2) is 0 Å². The quantitative estimate of drug-likeness (QED) is 0.654. The van der Waals surface area contributed by atoms with E-state index >= 15 is 0 Å². The third-order valence-electron chi connectivity index (χ3n) is 3.76. The highest BCUT2D eigenvalue weighted by Crippen LogP contribution is 2.34. The Labute approximate surface area is 131 Å². The highest BCUT2D eigenvalue weighted by atomic mass is 32.2. The van der Waals surface area contributed by atoms with Crippen molar-refractivity contribution in [2.75, 3.05) is 5.38 Å². The average molecular weight is 323 g/mol. The van der Waals surface area contributed by atoms with Gasteiger partial charge in [-0.15, -0.1) is 11.8 Å². The smallest absolute Gasteiger partial charge is 0.119 e. The molecule has 0 bridgehead atoms. The molecular weight excluding hydrogens is 300 g/mol. The summed E-state index contributed by atoms with van der Waals surface area (Å²) in [6.45, 7) is 11.1. The minimum absolute atomic E-state index is 0.416. The molecule has 0 saturated carbocycles. The number of rotatable bonds is 4. The van der Waals surface area contributed by atoms with Crippen LogP contribution in [-0.2, 0) is 0 Å². The summed E-state index contributed by atoms with van der Waals surface area (Å²) in [5, 5.41) is 13.2. The standard InChI is InChI=1S/C16H22OS2Si/c1-11-9-14(17)12(2)13(3)16(11)19-10-20(4,5)15-7-6-8-18-15/h6-9,17H,10H2,1-5H3. The van der Waals surface area contributed by atoms with Crippen LogP contribution < -0.4 is 4.50 Å². The van der Waals surface area contributed by atoms with Crippen LogP contribution >= 0.6 is 23.1 Å². The van der Waals surface area contributed by atoms with E-state index < -0.39 is 8.07 Å². The van der Waals surface area contributed by atoms with Gasteiger partial charge in [-0.25, -0.2) is 0 Å². The van der Waals surface area contributed by atoms with Crippen molar-refractivity contribution < 1.29 is 5.11 Å². The Balaban J connectivity index is 2.22. The van der Waals surface area contributed by atoms with Gasteiger partial charge in [0.25, 0.3) is 0 Å². The first-order chi connectivity index (χ1) is 9.33. The summed E-state index contributed by atoms with van der Waals surface area (Å²) in [6, 6.07) is 6.32. The minimum atomic E-state index is -1.37. The summed E-state index contributed by atoms with van der Waals surface area (Å²) in [7, 11) is -1.37. The Bertz CT molecular complexity index is 603. The predicted octanol–water partition coefficient (Wildman–Crippen LogP) is 4.63. The molecule has 0 radical (unpaired) electrons. The van der Waals surface area contributed by atoms with Crippen molar-refractivity contribution in [3.05, 3.63) is 40.3 Å². The molecule has 0 spiro atoms. The number of hydrogen-bond acceptors (Lipinski definition) is 3. The van der Waals surface area contributed by atoms with Gasteiger partial charge in [-0.1, -0.05) is 25.2 Å². The van der Waals surface area contributed by atoms with Gasteiger partial charge in [0.2, 0.25) is 0 Å². The van der Waals surface area contributed by atoms with Gasteiger partial charge < -0.3 is 5.11 Å². The van der Waals surface area contributed by atoms with Gasteiger partial charge in [-0.3, -0.25) is 0 Å². The Morgan fingerprint density at radius 2 is 1.90 bits per heavy atom. The Kier molecular flexibility index (Phi) is 4.67. The van der Waals surface area contributed by atoms with Crippen LogP contribution in [0.4, 0.5) is 0 Å². The Morgan fingerprint density at radius 3 is 2.50 bits per heavy atom. The number of aryl methyl sites for hydroxylation is 1. The molecule has 1 heterocycles. The number of hydrogen-bond donors (Lipinski definition) is 1. The largest absolute Gasteiger partial charge is 0.508 e. The molecule has 0 aliphatic rings. The van der Waals surface area contributed by atoms with Crippen LogP contribution in [0.2, 0.25) is 13.1 Å². The SMILES string of the molecule is Cc1cc(O)c(C)c(C)c1SC[Si](C)(C)c1cccs1. The second-order valence-corrected chi connectivity index (χ2v) is 13.4. The van der Waals surface area contributed by atoms with E-state index in [0.717, 1.165) is 5.56 Å². The highest BCUT2D eigenvalue weighted by Gasteiger charge is 2.25. The van der Waals surface area contributed by atoms with Crippen LogP contribution in [0.25, 0.3) is 0 Å². The zero-order valence-corrected chi connectivity index (χ0v) is 15.4. The molecule has 2 aromatic rings. The van der Waals surface area contributed by atoms with Crippen LogP contribution in [0.3, 0.4) is 0 Å². The summed E-state index contributed by atoms with van der Waals surface area (Å²) in [5.41, 5.74) is 3.42. The average Bonchev–Trinajstić information content (AvgIpc) is 2.90. The van der Waals surface area contributed by atoms with Crippen molar-refractivity contribution in [1.82, 2.24) is 0 Å². The summed E-state index contributed by atoms with van der Waals surface area (Å²) >= 11 is 3.85. The lowest BCUT2D eigenvalue weighted by Crippen LogP contribution is -2.42. The monoisotopic (exact) mass is 322 g/mol. The highest BCUT2D eigenvalue weighted by molar-refractivity contribution is 8.01. The van der Waals surface area contributed by atoms with Crippen LogP contribution in [0, 0.1) is 20.8 Å². The van der Waals surface area contributed by atoms with E-state index in [9.17, 15) is 5.11 Å². The number of aromatic hydroxyl groups is 1. The summed E-state index contributed by atoms with van der Waals surface area (Å²) in [6.07, 6.45) is 0. The molecule has 20 heavy (non-hydrogen) atoms. The maximum atomic E-state index is 9.88. The van der Waals surface area contributed by atoms with Gasteiger partial charge in [0, 0.05) is 4.90 Å². The number of phenols is 1. The van der Waals surface area contributed by atoms with E-state index in [1.807, 2.05) is 36.1 Å². The molecule has 0 fully saturated rings. The van der Waals surface area contributed by atoms with Gasteiger partial charge in [0.05, 0.1) is 0 Å². The van der Waals surface area contributed by atoms with E-state index in [0.29, 0.717) is 5.75 Å². The molecule has 1 nitrogen and oxygen atoms in total. The molecule has 0 aliphatic carbocycles.